The molecule has 1 rings (SSSR count). The first-order valence-electron chi connectivity index (χ1n) is 7.15. The molecular weight excluding hydrogens is 234 g/mol. The fraction of sp³-hybridized carbons (Fsp3) is 0.688. The normalized spacial score (nSPS) is 13.7. The van der Waals surface area contributed by atoms with Crippen LogP contribution in [-0.2, 0) is 5.41 Å². The second-order valence-electron chi connectivity index (χ2n) is 6.77. The van der Waals surface area contributed by atoms with Crippen molar-refractivity contribution >= 4 is 5.82 Å². The molecule has 0 fully saturated rings. The summed E-state index contributed by atoms with van der Waals surface area (Å²) in [6.45, 7) is 11.9. The number of hydrogen-bond acceptors (Lipinski definition) is 3. The van der Waals surface area contributed by atoms with Gasteiger partial charge in [0.15, 0.2) is 0 Å². The standard InChI is InChI=1S/C16H29N3/c1-12(2)14(17)9-10-19(6)15-8-7-13(11-18-15)16(3,4)5/h7-8,11-12,14H,9-10,17H2,1-6H3. The molecule has 1 atom stereocenters. The first kappa shape index (κ1) is 16.0. The quantitative estimate of drug-likeness (QED) is 0.887. The van der Waals surface area contributed by atoms with Crippen LogP contribution in [0.4, 0.5) is 5.82 Å². The first-order chi connectivity index (χ1) is 8.71. The predicted molar refractivity (Wildman–Crippen MR) is 83.6 cm³/mol. The van der Waals surface area contributed by atoms with E-state index >= 15 is 0 Å². The molecule has 0 aliphatic carbocycles. The Bertz CT molecular complexity index is 376. The van der Waals surface area contributed by atoms with Gasteiger partial charge in [-0.15, -0.1) is 0 Å². The zero-order valence-corrected chi connectivity index (χ0v) is 13.3. The Morgan fingerprint density at radius 1 is 1.26 bits per heavy atom. The van der Waals surface area contributed by atoms with Gasteiger partial charge in [-0.2, -0.15) is 0 Å². The third kappa shape index (κ3) is 4.83. The van der Waals surface area contributed by atoms with Crippen LogP contribution >= 0.6 is 0 Å². The van der Waals surface area contributed by atoms with E-state index in [4.69, 9.17) is 5.73 Å². The van der Waals surface area contributed by atoms with Gasteiger partial charge in [0.1, 0.15) is 5.82 Å². The van der Waals surface area contributed by atoms with Crippen molar-refractivity contribution in [3.05, 3.63) is 23.9 Å². The third-order valence-electron chi connectivity index (χ3n) is 3.66. The Labute approximate surface area is 118 Å². The molecule has 108 valence electrons. The van der Waals surface area contributed by atoms with Crippen LogP contribution in [0.15, 0.2) is 18.3 Å². The van der Waals surface area contributed by atoms with E-state index in [2.05, 4.69) is 63.7 Å². The van der Waals surface area contributed by atoms with Crippen molar-refractivity contribution in [2.75, 3.05) is 18.5 Å². The Balaban J connectivity index is 2.61. The molecule has 0 bridgehead atoms. The van der Waals surface area contributed by atoms with E-state index < -0.39 is 0 Å². The van der Waals surface area contributed by atoms with Gasteiger partial charge < -0.3 is 10.6 Å². The Hall–Kier alpha value is -1.09. The summed E-state index contributed by atoms with van der Waals surface area (Å²) in [4.78, 5) is 6.73. The van der Waals surface area contributed by atoms with Crippen molar-refractivity contribution in [3.63, 3.8) is 0 Å². The second-order valence-corrected chi connectivity index (χ2v) is 6.77. The van der Waals surface area contributed by atoms with Crippen LogP contribution in [0.25, 0.3) is 0 Å². The van der Waals surface area contributed by atoms with E-state index in [1.165, 1.54) is 5.56 Å². The maximum Gasteiger partial charge on any atom is 0.128 e. The highest BCUT2D eigenvalue weighted by Crippen LogP contribution is 2.22. The molecule has 0 saturated carbocycles. The maximum atomic E-state index is 6.08. The number of pyridine rings is 1. The summed E-state index contributed by atoms with van der Waals surface area (Å²) >= 11 is 0. The molecule has 19 heavy (non-hydrogen) atoms. The Morgan fingerprint density at radius 2 is 1.89 bits per heavy atom. The minimum Gasteiger partial charge on any atom is -0.360 e. The van der Waals surface area contributed by atoms with E-state index in [0.717, 1.165) is 18.8 Å². The van der Waals surface area contributed by atoms with Gasteiger partial charge in [-0.1, -0.05) is 40.7 Å². The summed E-state index contributed by atoms with van der Waals surface area (Å²) in [5.74, 6) is 1.55. The van der Waals surface area contributed by atoms with Crippen molar-refractivity contribution in [2.45, 2.75) is 52.5 Å². The lowest BCUT2D eigenvalue weighted by molar-refractivity contribution is 0.465. The smallest absolute Gasteiger partial charge is 0.128 e. The molecule has 0 saturated heterocycles. The van der Waals surface area contributed by atoms with Crippen LogP contribution in [0.1, 0.15) is 46.6 Å². The molecule has 3 nitrogen and oxygen atoms in total. The summed E-state index contributed by atoms with van der Waals surface area (Å²) < 4.78 is 0. The predicted octanol–water partition coefficient (Wildman–Crippen LogP) is 3.19. The molecule has 1 aromatic heterocycles. The highest BCUT2D eigenvalue weighted by molar-refractivity contribution is 5.39. The molecule has 0 amide bonds. The highest BCUT2D eigenvalue weighted by atomic mass is 15.2. The van der Waals surface area contributed by atoms with Crippen molar-refractivity contribution in [1.82, 2.24) is 4.98 Å². The molecule has 1 heterocycles. The van der Waals surface area contributed by atoms with Gasteiger partial charge in [-0.25, -0.2) is 4.98 Å². The molecule has 0 aromatic carbocycles. The van der Waals surface area contributed by atoms with Crippen molar-refractivity contribution in [2.24, 2.45) is 11.7 Å². The summed E-state index contributed by atoms with van der Waals surface area (Å²) in [5, 5.41) is 0. The van der Waals surface area contributed by atoms with Gasteiger partial charge in [0.25, 0.3) is 0 Å². The molecular formula is C16H29N3. The molecule has 0 radical (unpaired) electrons. The maximum absolute atomic E-state index is 6.08. The van der Waals surface area contributed by atoms with Gasteiger partial charge in [0.05, 0.1) is 0 Å². The van der Waals surface area contributed by atoms with Crippen molar-refractivity contribution < 1.29 is 0 Å². The molecule has 3 heteroatoms. The zero-order chi connectivity index (χ0) is 14.6. The molecule has 0 aliphatic heterocycles. The van der Waals surface area contributed by atoms with Crippen molar-refractivity contribution in [1.29, 1.82) is 0 Å². The zero-order valence-electron chi connectivity index (χ0n) is 13.3. The molecule has 1 unspecified atom stereocenters. The topological polar surface area (TPSA) is 42.1 Å². The van der Waals surface area contributed by atoms with E-state index in [1.54, 1.807) is 0 Å². The van der Waals surface area contributed by atoms with E-state index in [9.17, 15) is 0 Å². The highest BCUT2D eigenvalue weighted by Gasteiger charge is 2.14. The summed E-state index contributed by atoms with van der Waals surface area (Å²) in [7, 11) is 2.08. The van der Waals surface area contributed by atoms with Crippen LogP contribution in [0.2, 0.25) is 0 Å². The van der Waals surface area contributed by atoms with Crippen LogP contribution < -0.4 is 10.6 Å². The number of aromatic nitrogens is 1. The summed E-state index contributed by atoms with van der Waals surface area (Å²) in [6, 6.07) is 4.53. The third-order valence-corrected chi connectivity index (χ3v) is 3.66. The molecule has 0 spiro atoms. The van der Waals surface area contributed by atoms with E-state index in [0.29, 0.717) is 5.92 Å². The van der Waals surface area contributed by atoms with Crippen LogP contribution in [0.3, 0.4) is 0 Å². The van der Waals surface area contributed by atoms with Crippen LogP contribution in [0, 0.1) is 5.92 Å². The fourth-order valence-corrected chi connectivity index (χ4v) is 1.85. The number of rotatable bonds is 5. The van der Waals surface area contributed by atoms with E-state index in [-0.39, 0.29) is 11.5 Å². The number of hydrogen-bond donors (Lipinski definition) is 1. The fourth-order valence-electron chi connectivity index (χ4n) is 1.85. The van der Waals surface area contributed by atoms with Gasteiger partial charge in [0.2, 0.25) is 0 Å². The van der Waals surface area contributed by atoms with Crippen LogP contribution in [0.5, 0.6) is 0 Å². The molecule has 0 aliphatic rings. The monoisotopic (exact) mass is 263 g/mol. The summed E-state index contributed by atoms with van der Waals surface area (Å²) in [5.41, 5.74) is 7.50. The largest absolute Gasteiger partial charge is 0.360 e. The number of anilines is 1. The number of nitrogens with two attached hydrogens (primary N) is 1. The van der Waals surface area contributed by atoms with Crippen molar-refractivity contribution in [3.8, 4) is 0 Å². The lowest BCUT2D eigenvalue weighted by Gasteiger charge is -2.24. The average molecular weight is 263 g/mol. The van der Waals surface area contributed by atoms with Crippen LogP contribution in [-0.4, -0.2) is 24.6 Å². The molecule has 1 aromatic rings. The lowest BCUT2D eigenvalue weighted by atomic mass is 9.88. The van der Waals surface area contributed by atoms with Gasteiger partial charge >= 0.3 is 0 Å². The molecule has 2 N–H and O–H groups in total. The minimum absolute atomic E-state index is 0.157. The van der Waals surface area contributed by atoms with Gasteiger partial charge in [-0.3, -0.25) is 0 Å². The number of nitrogens with zero attached hydrogens (tertiary/aromatic N) is 2. The lowest BCUT2D eigenvalue weighted by Crippen LogP contribution is -2.32. The summed E-state index contributed by atoms with van der Waals surface area (Å²) in [6.07, 6.45) is 2.98. The first-order valence-corrected chi connectivity index (χ1v) is 7.15. The van der Waals surface area contributed by atoms with E-state index in [1.807, 2.05) is 6.20 Å². The second kappa shape index (κ2) is 6.38. The average Bonchev–Trinajstić information content (AvgIpc) is 2.34. The van der Waals surface area contributed by atoms with Gasteiger partial charge in [0, 0.05) is 25.8 Å². The minimum atomic E-state index is 0.157. The Morgan fingerprint density at radius 3 is 2.32 bits per heavy atom. The van der Waals surface area contributed by atoms with Gasteiger partial charge in [-0.05, 0) is 29.4 Å². The SMILES string of the molecule is CC(C)C(N)CCN(C)c1ccc(C(C)(C)C)cn1. The Kier molecular flexibility index (Phi) is 5.36.